The van der Waals surface area contributed by atoms with E-state index in [9.17, 15) is 4.79 Å². The molecule has 1 aliphatic heterocycles. The number of aromatic amines is 1. The first-order valence-corrected chi connectivity index (χ1v) is 10.2. The zero-order valence-electron chi connectivity index (χ0n) is 17.1. The molecule has 30 heavy (non-hydrogen) atoms. The number of H-pyrrole nitrogens is 1. The van der Waals surface area contributed by atoms with Gasteiger partial charge in [-0.3, -0.25) is 0 Å². The highest BCUT2D eigenvalue weighted by atomic mass is 16.5. The van der Waals surface area contributed by atoms with Crippen molar-refractivity contribution in [2.45, 2.75) is 6.42 Å². The molecule has 3 aromatic rings. The number of imidazole rings is 1. The Morgan fingerprint density at radius 1 is 1.23 bits per heavy atom. The molecule has 0 atom stereocenters. The Hall–Kier alpha value is -3.17. The average Bonchev–Trinajstić information content (AvgIpc) is 3.18. The summed E-state index contributed by atoms with van der Waals surface area (Å²) in [5, 5.41) is 3.38. The number of piperazine rings is 1. The number of nitrogens with two attached hydrogens (primary N) is 1. The van der Waals surface area contributed by atoms with Crippen molar-refractivity contribution in [2.75, 3.05) is 51.6 Å². The molecule has 0 radical (unpaired) electrons. The summed E-state index contributed by atoms with van der Waals surface area (Å²) >= 11 is 0. The minimum absolute atomic E-state index is 0.328. The number of benzene rings is 1. The molecule has 0 saturated carbocycles. The lowest BCUT2D eigenvalue weighted by Crippen LogP contribution is -2.44. The van der Waals surface area contributed by atoms with Gasteiger partial charge in [0.15, 0.2) is 5.75 Å². The first kappa shape index (κ1) is 20.1. The van der Waals surface area contributed by atoms with Crippen LogP contribution in [0.25, 0.3) is 22.4 Å². The van der Waals surface area contributed by atoms with Crippen molar-refractivity contribution in [3.8, 4) is 17.1 Å². The lowest BCUT2D eigenvalue weighted by Gasteiger charge is -2.32. The van der Waals surface area contributed by atoms with Crippen LogP contribution in [0.4, 0.5) is 10.6 Å². The summed E-state index contributed by atoms with van der Waals surface area (Å²) in [6, 6.07) is 9.20. The van der Waals surface area contributed by atoms with Crippen LogP contribution >= 0.6 is 0 Å². The zero-order valence-corrected chi connectivity index (χ0v) is 17.1. The molecule has 0 spiro atoms. The average molecular weight is 409 g/mol. The number of hydrogen-bond acceptors (Lipinski definition) is 7. The quantitative estimate of drug-likeness (QED) is 0.513. The molecular weight excluding hydrogens is 382 g/mol. The molecule has 4 rings (SSSR count). The molecule has 0 aliphatic carbocycles. The number of nitrogens with zero attached hydrogens (tertiary/aromatic N) is 4. The van der Waals surface area contributed by atoms with Crippen molar-refractivity contribution >= 4 is 22.9 Å². The summed E-state index contributed by atoms with van der Waals surface area (Å²) in [4.78, 5) is 28.2. The molecule has 1 aromatic carbocycles. The van der Waals surface area contributed by atoms with Crippen molar-refractivity contribution < 1.29 is 9.53 Å². The first-order chi connectivity index (χ1) is 14.6. The van der Waals surface area contributed by atoms with E-state index in [2.05, 4.69) is 37.1 Å². The highest BCUT2D eigenvalue weighted by Gasteiger charge is 2.13. The van der Waals surface area contributed by atoms with Crippen LogP contribution in [0.15, 0.2) is 36.5 Å². The second-order valence-corrected chi connectivity index (χ2v) is 7.52. The molecule has 1 saturated heterocycles. The van der Waals surface area contributed by atoms with Crippen molar-refractivity contribution in [3.63, 3.8) is 0 Å². The van der Waals surface area contributed by atoms with Crippen LogP contribution in [-0.2, 0) is 0 Å². The molecule has 1 fully saturated rings. The number of nitrogens with one attached hydrogen (secondary N) is 2. The molecule has 1 amide bonds. The predicted molar refractivity (Wildman–Crippen MR) is 117 cm³/mol. The maximum absolute atomic E-state index is 11.1. The second-order valence-electron chi connectivity index (χ2n) is 7.52. The molecule has 0 unspecified atom stereocenters. The summed E-state index contributed by atoms with van der Waals surface area (Å²) in [6.45, 7) is 6.58. The maximum atomic E-state index is 11.1. The summed E-state index contributed by atoms with van der Waals surface area (Å²) in [7, 11) is 2.17. The Balaban J connectivity index is 1.34. The monoisotopic (exact) mass is 409 g/mol. The van der Waals surface area contributed by atoms with Gasteiger partial charge in [-0.15, -0.1) is 0 Å². The number of para-hydroxylation sites is 1. The van der Waals surface area contributed by atoms with Gasteiger partial charge in [-0.2, -0.15) is 0 Å². The fraction of sp³-hybridized carbons (Fsp3) is 0.381. The molecule has 4 N–H and O–H groups in total. The highest BCUT2D eigenvalue weighted by Crippen LogP contribution is 2.27. The number of amides is 1. The van der Waals surface area contributed by atoms with E-state index in [4.69, 9.17) is 10.5 Å². The number of carbonyl (C=O) groups is 1. The van der Waals surface area contributed by atoms with Crippen LogP contribution in [-0.4, -0.2) is 77.2 Å². The van der Waals surface area contributed by atoms with Gasteiger partial charge < -0.3 is 30.6 Å². The number of pyridine rings is 1. The SMILES string of the molecule is CN1CCN(CCCNc2ccc(-c3nc4c(OC(N)=O)cccc4[nH]3)cn2)CC1. The van der Waals surface area contributed by atoms with Crippen molar-refractivity contribution in [1.29, 1.82) is 0 Å². The third kappa shape index (κ3) is 4.87. The van der Waals surface area contributed by atoms with Crippen LogP contribution in [0.5, 0.6) is 5.75 Å². The lowest BCUT2D eigenvalue weighted by atomic mass is 10.2. The number of likely N-dealkylation sites (N-methyl/N-ethyl adjacent to an activating group) is 1. The van der Waals surface area contributed by atoms with Crippen molar-refractivity contribution in [1.82, 2.24) is 24.8 Å². The number of hydrogen-bond donors (Lipinski definition) is 3. The number of carbonyl (C=O) groups excluding carboxylic acids is 1. The van der Waals surface area contributed by atoms with Crippen molar-refractivity contribution in [3.05, 3.63) is 36.5 Å². The standard InChI is InChI=1S/C21H27N7O2/c1-27-10-12-28(13-11-27)9-3-8-23-18-7-6-15(14-24-18)20-25-16-4-2-5-17(19(16)26-20)30-21(22)29/h2,4-7,14H,3,8-13H2,1H3,(H2,22,29)(H,23,24)(H,25,26). The Labute approximate surface area is 175 Å². The van der Waals surface area contributed by atoms with Crippen LogP contribution < -0.4 is 15.8 Å². The van der Waals surface area contributed by atoms with Gasteiger partial charge in [0.05, 0.1) is 5.52 Å². The fourth-order valence-electron chi connectivity index (χ4n) is 3.56. The van der Waals surface area contributed by atoms with Gasteiger partial charge in [-0.25, -0.2) is 14.8 Å². The first-order valence-electron chi connectivity index (χ1n) is 10.2. The van der Waals surface area contributed by atoms with E-state index in [1.54, 1.807) is 18.3 Å². The number of anilines is 1. The molecular formula is C21H27N7O2. The van der Waals surface area contributed by atoms with Crippen molar-refractivity contribution in [2.24, 2.45) is 5.73 Å². The highest BCUT2D eigenvalue weighted by molar-refractivity contribution is 5.87. The molecule has 9 heteroatoms. The van der Waals surface area contributed by atoms with Gasteiger partial charge in [0.1, 0.15) is 17.2 Å². The second kappa shape index (κ2) is 9.10. The summed E-state index contributed by atoms with van der Waals surface area (Å²) in [5.41, 5.74) is 7.29. The van der Waals surface area contributed by atoms with E-state index in [0.717, 1.165) is 62.6 Å². The zero-order chi connectivity index (χ0) is 20.9. The van der Waals surface area contributed by atoms with Crippen LogP contribution in [0, 0.1) is 0 Å². The summed E-state index contributed by atoms with van der Waals surface area (Å²) < 4.78 is 5.02. The topological polar surface area (TPSA) is 112 Å². The number of aromatic nitrogens is 3. The van der Waals surface area contributed by atoms with E-state index in [1.807, 2.05) is 18.2 Å². The van der Waals surface area contributed by atoms with Gasteiger partial charge in [-0.05, 0) is 44.3 Å². The lowest BCUT2D eigenvalue weighted by molar-refractivity contribution is 0.154. The number of primary amides is 1. The maximum Gasteiger partial charge on any atom is 0.410 e. The molecule has 3 heterocycles. The minimum Gasteiger partial charge on any atom is -0.408 e. The van der Waals surface area contributed by atoms with Gasteiger partial charge >= 0.3 is 6.09 Å². The Morgan fingerprint density at radius 2 is 2.07 bits per heavy atom. The van der Waals surface area contributed by atoms with Crippen LogP contribution in [0.3, 0.4) is 0 Å². The summed E-state index contributed by atoms with van der Waals surface area (Å²) in [5.74, 6) is 1.82. The number of rotatable bonds is 7. The Bertz CT molecular complexity index is 994. The van der Waals surface area contributed by atoms with E-state index in [1.165, 1.54) is 0 Å². The van der Waals surface area contributed by atoms with Gasteiger partial charge in [0.2, 0.25) is 0 Å². The molecule has 0 bridgehead atoms. The van der Waals surface area contributed by atoms with Gasteiger partial charge in [0, 0.05) is 44.5 Å². The normalized spacial score (nSPS) is 15.4. The van der Waals surface area contributed by atoms with Gasteiger partial charge in [0.25, 0.3) is 0 Å². The fourth-order valence-corrected chi connectivity index (χ4v) is 3.56. The third-order valence-electron chi connectivity index (χ3n) is 5.28. The smallest absolute Gasteiger partial charge is 0.408 e. The Kier molecular flexibility index (Phi) is 6.10. The van der Waals surface area contributed by atoms with E-state index >= 15 is 0 Å². The van der Waals surface area contributed by atoms with Crippen LogP contribution in [0.2, 0.25) is 0 Å². The van der Waals surface area contributed by atoms with E-state index in [0.29, 0.717) is 17.1 Å². The molecule has 9 nitrogen and oxygen atoms in total. The third-order valence-corrected chi connectivity index (χ3v) is 5.28. The predicted octanol–water partition coefficient (Wildman–Crippen LogP) is 2.13. The molecule has 158 valence electrons. The minimum atomic E-state index is -0.864. The Morgan fingerprint density at radius 3 is 2.80 bits per heavy atom. The molecule has 1 aliphatic rings. The number of ether oxygens (including phenoxy) is 1. The van der Waals surface area contributed by atoms with E-state index in [-0.39, 0.29) is 0 Å². The van der Waals surface area contributed by atoms with Gasteiger partial charge in [-0.1, -0.05) is 6.07 Å². The number of fused-ring (bicyclic) bond motifs is 1. The molecule has 2 aromatic heterocycles. The van der Waals surface area contributed by atoms with Crippen LogP contribution in [0.1, 0.15) is 6.42 Å². The van der Waals surface area contributed by atoms with E-state index < -0.39 is 6.09 Å². The largest absolute Gasteiger partial charge is 0.410 e. The summed E-state index contributed by atoms with van der Waals surface area (Å²) in [6.07, 6.45) is 1.99.